The van der Waals surface area contributed by atoms with E-state index in [1.165, 1.54) is 6.07 Å². The van der Waals surface area contributed by atoms with Crippen molar-refractivity contribution in [1.29, 1.82) is 0 Å². The van der Waals surface area contributed by atoms with Crippen molar-refractivity contribution in [3.05, 3.63) is 63.7 Å². The van der Waals surface area contributed by atoms with Gasteiger partial charge in [-0.05, 0) is 24.3 Å². The van der Waals surface area contributed by atoms with Crippen LogP contribution in [0.25, 0.3) is 5.57 Å². The van der Waals surface area contributed by atoms with Crippen LogP contribution in [0.1, 0.15) is 41.4 Å². The highest BCUT2D eigenvalue weighted by molar-refractivity contribution is 7.11. The van der Waals surface area contributed by atoms with Gasteiger partial charge in [-0.2, -0.15) is 0 Å². The smallest absolute Gasteiger partial charge is 0.265 e. The highest BCUT2D eigenvalue weighted by Crippen LogP contribution is 2.43. The summed E-state index contributed by atoms with van der Waals surface area (Å²) in [4.78, 5) is 13.2. The van der Waals surface area contributed by atoms with Crippen LogP contribution in [0.2, 0.25) is 0 Å². The predicted molar refractivity (Wildman–Crippen MR) is 87.6 cm³/mol. The first-order valence-corrected chi connectivity index (χ1v) is 8.65. The van der Waals surface area contributed by atoms with E-state index in [2.05, 4.69) is 5.32 Å². The van der Waals surface area contributed by atoms with Crippen LogP contribution in [-0.4, -0.2) is 11.8 Å². The second kappa shape index (κ2) is 6.02. The molecule has 1 N–H and O–H groups in total. The molecule has 4 rings (SSSR count). The Morgan fingerprint density at radius 1 is 1.17 bits per heavy atom. The van der Waals surface area contributed by atoms with Gasteiger partial charge in [-0.1, -0.05) is 30.3 Å². The van der Waals surface area contributed by atoms with E-state index in [1.54, 1.807) is 5.38 Å². The Morgan fingerprint density at radius 3 is 2.58 bits per heavy atom. The second-order valence-corrected chi connectivity index (χ2v) is 6.82. The molecule has 0 amide bonds. The van der Waals surface area contributed by atoms with Gasteiger partial charge >= 0.3 is 0 Å². The minimum absolute atomic E-state index is 0.115. The lowest BCUT2D eigenvalue weighted by Crippen LogP contribution is -2.17. The van der Waals surface area contributed by atoms with E-state index in [1.807, 2.05) is 30.3 Å². The maximum absolute atomic E-state index is 13.3. The van der Waals surface area contributed by atoms with Crippen LogP contribution in [0.5, 0.6) is 0 Å². The van der Waals surface area contributed by atoms with E-state index in [0.29, 0.717) is 10.8 Å². The van der Waals surface area contributed by atoms with Crippen molar-refractivity contribution in [1.82, 2.24) is 5.32 Å². The maximum atomic E-state index is 13.3. The van der Waals surface area contributed by atoms with E-state index in [-0.39, 0.29) is 23.0 Å². The number of carbonyl (C=O) groups excluding carboxylic acids is 1. The monoisotopic (exact) mass is 347 g/mol. The molecule has 1 atom stereocenters. The molecule has 1 fully saturated rings. The van der Waals surface area contributed by atoms with Crippen LogP contribution >= 0.6 is 11.3 Å². The highest BCUT2D eigenvalue weighted by Gasteiger charge is 2.40. The molecule has 1 unspecified atom stereocenters. The number of nitrogens with one attached hydrogen (secondary N) is 1. The number of hydrogen-bond donors (Lipinski definition) is 1. The Kier molecular flexibility index (Phi) is 3.84. The zero-order valence-electron chi connectivity index (χ0n) is 12.7. The molecular weight excluding hydrogens is 332 g/mol. The molecule has 124 valence electrons. The summed E-state index contributed by atoms with van der Waals surface area (Å²) in [5.74, 6) is 0.0643. The van der Waals surface area contributed by atoms with Crippen LogP contribution in [-0.2, 0) is 9.53 Å². The van der Waals surface area contributed by atoms with Gasteiger partial charge in [0.1, 0.15) is 0 Å². The van der Waals surface area contributed by atoms with Crippen molar-refractivity contribution >= 4 is 22.7 Å². The topological polar surface area (TPSA) is 38.3 Å². The van der Waals surface area contributed by atoms with Gasteiger partial charge in [0, 0.05) is 17.2 Å². The average Bonchev–Trinajstić information content (AvgIpc) is 3.15. The van der Waals surface area contributed by atoms with Gasteiger partial charge in [-0.3, -0.25) is 4.79 Å². The Morgan fingerprint density at radius 2 is 1.92 bits per heavy atom. The number of rotatable bonds is 5. The van der Waals surface area contributed by atoms with Gasteiger partial charge in [0.2, 0.25) is 11.7 Å². The van der Waals surface area contributed by atoms with E-state index < -0.39 is 12.5 Å². The normalized spacial score (nSPS) is 20.6. The SMILES string of the molecule is O=C1C(c2sccc2C(F)F)=C(NC2CC2)OC1c1ccccc1. The second-order valence-electron chi connectivity index (χ2n) is 5.90. The molecule has 2 aromatic rings. The molecule has 3 nitrogen and oxygen atoms in total. The van der Waals surface area contributed by atoms with Gasteiger partial charge < -0.3 is 10.1 Å². The van der Waals surface area contributed by atoms with Gasteiger partial charge in [0.15, 0.2) is 6.10 Å². The van der Waals surface area contributed by atoms with Crippen LogP contribution in [0.3, 0.4) is 0 Å². The Bertz CT molecular complexity index is 796. The van der Waals surface area contributed by atoms with Crippen LogP contribution in [0.4, 0.5) is 8.78 Å². The number of alkyl halides is 2. The highest BCUT2D eigenvalue weighted by atomic mass is 32.1. The summed E-state index contributed by atoms with van der Waals surface area (Å²) in [5, 5.41) is 4.77. The largest absolute Gasteiger partial charge is 0.462 e. The first-order chi connectivity index (χ1) is 11.6. The van der Waals surface area contributed by atoms with Crippen molar-refractivity contribution in [2.45, 2.75) is 31.4 Å². The summed E-state index contributed by atoms with van der Waals surface area (Å²) >= 11 is 1.15. The quantitative estimate of drug-likeness (QED) is 0.869. The summed E-state index contributed by atoms with van der Waals surface area (Å²) in [6.07, 6.45) is -1.41. The van der Waals surface area contributed by atoms with Crippen LogP contribution in [0.15, 0.2) is 47.7 Å². The minimum atomic E-state index is -2.62. The summed E-state index contributed by atoms with van der Waals surface area (Å²) in [6.45, 7) is 0. The molecule has 1 aliphatic carbocycles. The van der Waals surface area contributed by atoms with Crippen molar-refractivity contribution in [3.63, 3.8) is 0 Å². The number of thiophene rings is 1. The lowest BCUT2D eigenvalue weighted by atomic mass is 10.00. The van der Waals surface area contributed by atoms with E-state index in [4.69, 9.17) is 4.74 Å². The fourth-order valence-corrected chi connectivity index (χ4v) is 3.70. The molecule has 0 spiro atoms. The molecule has 24 heavy (non-hydrogen) atoms. The summed E-state index contributed by atoms with van der Waals surface area (Å²) in [6, 6.07) is 10.8. The van der Waals surface area contributed by atoms with Crippen LogP contribution in [0, 0.1) is 0 Å². The molecule has 1 aromatic carbocycles. The maximum Gasteiger partial charge on any atom is 0.265 e. The van der Waals surface area contributed by atoms with E-state index in [9.17, 15) is 13.6 Å². The van der Waals surface area contributed by atoms with E-state index in [0.717, 1.165) is 29.7 Å². The third kappa shape index (κ3) is 2.71. The van der Waals surface area contributed by atoms with Gasteiger partial charge in [-0.15, -0.1) is 11.3 Å². The molecule has 0 saturated heterocycles. The Labute approximate surface area is 142 Å². The zero-order valence-corrected chi connectivity index (χ0v) is 13.5. The van der Waals surface area contributed by atoms with Gasteiger partial charge in [0.25, 0.3) is 6.43 Å². The molecule has 1 aliphatic heterocycles. The fraction of sp³-hybridized carbons (Fsp3) is 0.278. The Balaban J connectivity index is 1.75. The average molecular weight is 347 g/mol. The molecular formula is C18H15F2NO2S. The Hall–Kier alpha value is -2.21. The third-order valence-corrected chi connectivity index (χ3v) is 5.07. The van der Waals surface area contributed by atoms with E-state index >= 15 is 0 Å². The number of ketones is 1. The summed E-state index contributed by atoms with van der Waals surface area (Å²) in [7, 11) is 0. The summed E-state index contributed by atoms with van der Waals surface area (Å²) in [5.41, 5.74) is 0.861. The first-order valence-electron chi connectivity index (χ1n) is 7.77. The number of carbonyl (C=O) groups is 1. The fourth-order valence-electron chi connectivity index (χ4n) is 2.75. The van der Waals surface area contributed by atoms with Gasteiger partial charge in [0.05, 0.1) is 10.5 Å². The molecule has 2 heterocycles. The van der Waals surface area contributed by atoms with Crippen molar-refractivity contribution < 1.29 is 18.3 Å². The van der Waals surface area contributed by atoms with Gasteiger partial charge in [-0.25, -0.2) is 8.78 Å². The predicted octanol–water partition coefficient (Wildman–Crippen LogP) is 4.45. The third-order valence-electron chi connectivity index (χ3n) is 4.12. The number of Topliss-reactive ketones (excluding diaryl/α,β-unsaturated/α-hetero) is 1. The molecule has 2 aliphatic rings. The van der Waals surface area contributed by atoms with Crippen molar-refractivity contribution in [2.24, 2.45) is 0 Å². The number of hydrogen-bond acceptors (Lipinski definition) is 4. The number of benzene rings is 1. The molecule has 1 aromatic heterocycles. The molecule has 0 bridgehead atoms. The zero-order chi connectivity index (χ0) is 16.7. The molecule has 6 heteroatoms. The standard InChI is InChI=1S/C18H15F2NO2S/c19-17(20)12-8-9-24-16(12)13-14(22)15(10-4-2-1-3-5-10)23-18(13)21-11-6-7-11/h1-5,8-9,11,15,17,21H,6-7H2. The lowest BCUT2D eigenvalue weighted by molar-refractivity contribution is -0.120. The lowest BCUT2D eigenvalue weighted by Gasteiger charge is -2.12. The minimum Gasteiger partial charge on any atom is -0.462 e. The number of halogens is 2. The first kappa shape index (κ1) is 15.3. The van der Waals surface area contributed by atoms with Crippen LogP contribution < -0.4 is 5.32 Å². The molecule has 1 saturated carbocycles. The molecule has 0 radical (unpaired) electrons. The van der Waals surface area contributed by atoms with Crippen molar-refractivity contribution in [2.75, 3.05) is 0 Å². The summed E-state index contributed by atoms with van der Waals surface area (Å²) < 4.78 is 32.4. The van der Waals surface area contributed by atoms with Crippen molar-refractivity contribution in [3.8, 4) is 0 Å². The number of ether oxygens (including phenoxy) is 1.